The van der Waals surface area contributed by atoms with Gasteiger partial charge in [-0.3, -0.25) is 0 Å². The zero-order chi connectivity index (χ0) is 15.8. The Kier molecular flexibility index (Phi) is 6.96. The molecule has 1 aromatic carbocycles. The van der Waals surface area contributed by atoms with Crippen LogP contribution in [0.2, 0.25) is 5.02 Å². The van der Waals surface area contributed by atoms with Crippen LogP contribution in [0.15, 0.2) is 24.3 Å². The summed E-state index contributed by atoms with van der Waals surface area (Å²) >= 11 is 6.05. The van der Waals surface area contributed by atoms with E-state index >= 15 is 0 Å². The zero-order valence-corrected chi connectivity index (χ0v) is 13.6. The zero-order valence-electron chi connectivity index (χ0n) is 12.9. The smallest absolute Gasteiger partial charge is 0.321 e. The van der Waals surface area contributed by atoms with E-state index in [0.29, 0.717) is 29.8 Å². The van der Waals surface area contributed by atoms with Gasteiger partial charge in [-0.1, -0.05) is 23.7 Å². The summed E-state index contributed by atoms with van der Waals surface area (Å²) in [5, 5.41) is 3.41. The van der Waals surface area contributed by atoms with Gasteiger partial charge >= 0.3 is 6.03 Å². The molecule has 1 N–H and O–H groups in total. The van der Waals surface area contributed by atoms with Crippen LogP contribution in [0.25, 0.3) is 0 Å². The van der Waals surface area contributed by atoms with E-state index in [1.54, 1.807) is 19.2 Å². The number of benzene rings is 1. The predicted octanol–water partition coefficient (Wildman–Crippen LogP) is 3.25. The fourth-order valence-corrected chi connectivity index (χ4v) is 2.63. The molecule has 0 spiro atoms. The van der Waals surface area contributed by atoms with Gasteiger partial charge < -0.3 is 19.7 Å². The lowest BCUT2D eigenvalue weighted by Crippen LogP contribution is -2.41. The second kappa shape index (κ2) is 8.98. The second-order valence-electron chi connectivity index (χ2n) is 5.41. The van der Waals surface area contributed by atoms with Crippen molar-refractivity contribution in [2.24, 2.45) is 5.92 Å². The number of piperidine rings is 1. The molecule has 0 aliphatic carbocycles. The molecule has 1 fully saturated rings. The number of likely N-dealkylation sites (tertiary alicyclic amines) is 1. The minimum atomic E-state index is -0.0909. The molecule has 2 rings (SSSR count). The number of halogens is 1. The van der Waals surface area contributed by atoms with Gasteiger partial charge in [0.2, 0.25) is 0 Å². The monoisotopic (exact) mass is 326 g/mol. The summed E-state index contributed by atoms with van der Waals surface area (Å²) in [5.41, 5.74) is 0.652. The first-order chi connectivity index (χ1) is 10.7. The summed E-state index contributed by atoms with van der Waals surface area (Å²) in [7, 11) is 1.67. The molecule has 0 radical (unpaired) electrons. The highest BCUT2D eigenvalue weighted by Crippen LogP contribution is 2.22. The van der Waals surface area contributed by atoms with Crippen molar-refractivity contribution >= 4 is 23.3 Å². The maximum Gasteiger partial charge on any atom is 0.321 e. The largest absolute Gasteiger partial charge is 0.382 e. The number of hydrogen-bond acceptors (Lipinski definition) is 3. The molecule has 0 aromatic heterocycles. The predicted molar refractivity (Wildman–Crippen MR) is 87.5 cm³/mol. The van der Waals surface area contributed by atoms with E-state index in [0.717, 1.165) is 32.5 Å². The minimum Gasteiger partial charge on any atom is -0.382 e. The van der Waals surface area contributed by atoms with E-state index in [-0.39, 0.29) is 6.03 Å². The number of carbonyl (C=O) groups is 1. The van der Waals surface area contributed by atoms with Gasteiger partial charge in [-0.05, 0) is 30.9 Å². The van der Waals surface area contributed by atoms with Crippen molar-refractivity contribution in [1.82, 2.24) is 4.90 Å². The minimum absolute atomic E-state index is 0.0909. The number of rotatable bonds is 6. The topological polar surface area (TPSA) is 50.8 Å². The number of nitrogens with one attached hydrogen (secondary N) is 1. The Hall–Kier alpha value is -1.30. The quantitative estimate of drug-likeness (QED) is 0.816. The van der Waals surface area contributed by atoms with Gasteiger partial charge in [-0.2, -0.15) is 0 Å². The number of methoxy groups -OCH3 is 1. The van der Waals surface area contributed by atoms with Crippen molar-refractivity contribution in [3.05, 3.63) is 29.3 Å². The number of amides is 2. The maximum atomic E-state index is 12.2. The first kappa shape index (κ1) is 17.1. The first-order valence-electron chi connectivity index (χ1n) is 7.58. The number of ether oxygens (including phenoxy) is 2. The summed E-state index contributed by atoms with van der Waals surface area (Å²) in [6.45, 7) is 3.48. The molecular weight excluding hydrogens is 304 g/mol. The van der Waals surface area contributed by atoms with E-state index in [2.05, 4.69) is 5.32 Å². The lowest BCUT2D eigenvalue weighted by molar-refractivity contribution is 0.0386. The summed E-state index contributed by atoms with van der Waals surface area (Å²) < 4.78 is 10.5. The van der Waals surface area contributed by atoms with Crippen molar-refractivity contribution in [1.29, 1.82) is 0 Å². The van der Waals surface area contributed by atoms with Gasteiger partial charge in [0.25, 0.3) is 0 Å². The Morgan fingerprint density at radius 1 is 1.32 bits per heavy atom. The normalized spacial score (nSPS) is 15.8. The molecule has 0 bridgehead atoms. The van der Waals surface area contributed by atoms with Crippen LogP contribution < -0.4 is 5.32 Å². The number of nitrogens with zero attached hydrogens (tertiary/aromatic N) is 1. The van der Waals surface area contributed by atoms with Crippen molar-refractivity contribution in [3.63, 3.8) is 0 Å². The highest BCUT2D eigenvalue weighted by molar-refractivity contribution is 6.33. The SMILES string of the molecule is COCCOCC1CCN(C(=O)Nc2ccccc2Cl)CC1. The molecule has 122 valence electrons. The molecule has 0 unspecified atom stereocenters. The molecule has 6 heteroatoms. The number of carbonyl (C=O) groups excluding carboxylic acids is 1. The van der Waals surface area contributed by atoms with Gasteiger partial charge in [-0.25, -0.2) is 4.79 Å². The van der Waals surface area contributed by atoms with Gasteiger partial charge in [-0.15, -0.1) is 0 Å². The van der Waals surface area contributed by atoms with Gasteiger partial charge in [0.05, 0.1) is 23.9 Å². The molecule has 1 heterocycles. The Morgan fingerprint density at radius 3 is 2.73 bits per heavy atom. The third kappa shape index (κ3) is 5.16. The molecular formula is C16H23ClN2O3. The fraction of sp³-hybridized carbons (Fsp3) is 0.562. The highest BCUT2D eigenvalue weighted by atomic mass is 35.5. The molecule has 1 aliphatic rings. The molecule has 2 amide bonds. The fourth-order valence-electron chi connectivity index (χ4n) is 2.45. The first-order valence-corrected chi connectivity index (χ1v) is 7.95. The summed E-state index contributed by atoms with van der Waals surface area (Å²) in [4.78, 5) is 14.1. The van der Waals surface area contributed by atoms with Gasteiger partial charge in [0.15, 0.2) is 0 Å². The van der Waals surface area contributed by atoms with Crippen molar-refractivity contribution in [2.45, 2.75) is 12.8 Å². The molecule has 1 aromatic rings. The van der Waals surface area contributed by atoms with Crippen LogP contribution >= 0.6 is 11.6 Å². The average molecular weight is 327 g/mol. The molecule has 0 atom stereocenters. The Labute approximate surface area is 136 Å². The molecule has 0 saturated carbocycles. The summed E-state index contributed by atoms with van der Waals surface area (Å²) in [6.07, 6.45) is 1.92. The third-order valence-corrected chi connectivity index (χ3v) is 4.13. The van der Waals surface area contributed by atoms with E-state index in [9.17, 15) is 4.79 Å². The number of hydrogen-bond donors (Lipinski definition) is 1. The molecule has 1 aliphatic heterocycles. The van der Waals surface area contributed by atoms with Crippen molar-refractivity contribution < 1.29 is 14.3 Å². The lowest BCUT2D eigenvalue weighted by atomic mass is 9.98. The maximum absolute atomic E-state index is 12.2. The van der Waals surface area contributed by atoms with Crippen LogP contribution in [0.3, 0.4) is 0 Å². The molecule has 5 nitrogen and oxygen atoms in total. The molecule has 1 saturated heterocycles. The highest BCUT2D eigenvalue weighted by Gasteiger charge is 2.23. The van der Waals surface area contributed by atoms with E-state index in [1.165, 1.54) is 0 Å². The number of urea groups is 1. The van der Waals surface area contributed by atoms with E-state index in [4.69, 9.17) is 21.1 Å². The second-order valence-corrected chi connectivity index (χ2v) is 5.82. The average Bonchev–Trinajstić information content (AvgIpc) is 2.54. The standard InChI is InChI=1S/C16H23ClN2O3/c1-21-10-11-22-12-13-6-8-19(9-7-13)16(20)18-15-5-3-2-4-14(15)17/h2-5,13H,6-12H2,1H3,(H,18,20). The third-order valence-electron chi connectivity index (χ3n) is 3.80. The number of para-hydroxylation sites is 1. The Bertz CT molecular complexity index is 476. The van der Waals surface area contributed by atoms with Crippen LogP contribution in [0.4, 0.5) is 10.5 Å². The Balaban J connectivity index is 1.72. The number of anilines is 1. The summed E-state index contributed by atoms with van der Waals surface area (Å²) in [5.74, 6) is 0.515. The van der Waals surface area contributed by atoms with Crippen LogP contribution in [0.5, 0.6) is 0 Å². The van der Waals surface area contributed by atoms with E-state index < -0.39 is 0 Å². The van der Waals surface area contributed by atoms with Crippen LogP contribution in [-0.4, -0.2) is 51.0 Å². The van der Waals surface area contributed by atoms with Crippen LogP contribution in [0.1, 0.15) is 12.8 Å². The van der Waals surface area contributed by atoms with Gasteiger partial charge in [0, 0.05) is 26.8 Å². The van der Waals surface area contributed by atoms with Crippen LogP contribution in [-0.2, 0) is 9.47 Å². The lowest BCUT2D eigenvalue weighted by Gasteiger charge is -2.32. The molecule has 22 heavy (non-hydrogen) atoms. The summed E-state index contributed by atoms with van der Waals surface area (Å²) in [6, 6.07) is 7.17. The van der Waals surface area contributed by atoms with Crippen molar-refractivity contribution in [3.8, 4) is 0 Å². The Morgan fingerprint density at radius 2 is 2.05 bits per heavy atom. The van der Waals surface area contributed by atoms with Crippen LogP contribution in [0, 0.1) is 5.92 Å². The van der Waals surface area contributed by atoms with E-state index in [1.807, 2.05) is 17.0 Å². The van der Waals surface area contributed by atoms with Crippen molar-refractivity contribution in [2.75, 3.05) is 45.3 Å². The van der Waals surface area contributed by atoms with Gasteiger partial charge in [0.1, 0.15) is 0 Å².